The summed E-state index contributed by atoms with van der Waals surface area (Å²) >= 11 is 6.11. The molecule has 0 bridgehead atoms. The van der Waals surface area contributed by atoms with Crippen LogP contribution in [0, 0.1) is 0 Å². The van der Waals surface area contributed by atoms with Crippen molar-refractivity contribution in [1.29, 1.82) is 0 Å². The first-order valence-corrected chi connectivity index (χ1v) is 6.87. The minimum Gasteiger partial charge on any atom is -0.478 e. The van der Waals surface area contributed by atoms with Crippen LogP contribution in [0.15, 0.2) is 24.3 Å². The fraction of sp³-hybridized carbons (Fsp3) is 0.333. The molecule has 2 aromatic rings. The van der Waals surface area contributed by atoms with Crippen molar-refractivity contribution < 1.29 is 9.90 Å². The molecule has 0 amide bonds. The van der Waals surface area contributed by atoms with Crippen LogP contribution in [0.2, 0.25) is 5.02 Å². The van der Waals surface area contributed by atoms with Crippen molar-refractivity contribution in [1.82, 2.24) is 4.98 Å². The van der Waals surface area contributed by atoms with E-state index in [2.05, 4.69) is 4.98 Å². The van der Waals surface area contributed by atoms with E-state index in [1.807, 2.05) is 12.1 Å². The Morgan fingerprint density at radius 1 is 1.32 bits per heavy atom. The van der Waals surface area contributed by atoms with Gasteiger partial charge in [0.2, 0.25) is 0 Å². The van der Waals surface area contributed by atoms with E-state index in [1.165, 1.54) is 12.8 Å². The number of halogens is 1. The standard InChI is InChI=1S/C15H14ClNO2/c16-11-6-3-7-12-14(11)10(15(18)19)8-13(17-12)9-4-1-2-5-9/h3,6-9H,1-2,4-5H2,(H,18,19). The van der Waals surface area contributed by atoms with Gasteiger partial charge in [-0.3, -0.25) is 4.98 Å². The Labute approximate surface area is 116 Å². The summed E-state index contributed by atoms with van der Waals surface area (Å²) in [6.07, 6.45) is 4.58. The number of nitrogens with zero attached hydrogens (tertiary/aromatic N) is 1. The zero-order valence-corrected chi connectivity index (χ0v) is 11.2. The van der Waals surface area contributed by atoms with Crippen LogP contribution in [0.1, 0.15) is 47.7 Å². The second kappa shape index (κ2) is 4.82. The fourth-order valence-corrected chi connectivity index (χ4v) is 3.13. The second-order valence-corrected chi connectivity index (χ2v) is 5.42. The van der Waals surface area contributed by atoms with Crippen molar-refractivity contribution in [2.45, 2.75) is 31.6 Å². The van der Waals surface area contributed by atoms with Gasteiger partial charge in [0.15, 0.2) is 0 Å². The van der Waals surface area contributed by atoms with E-state index < -0.39 is 5.97 Å². The van der Waals surface area contributed by atoms with Crippen molar-refractivity contribution in [2.24, 2.45) is 0 Å². The zero-order valence-electron chi connectivity index (χ0n) is 10.4. The Morgan fingerprint density at radius 2 is 2.05 bits per heavy atom. The van der Waals surface area contributed by atoms with Crippen LogP contribution in [0.4, 0.5) is 0 Å². The molecular formula is C15H14ClNO2. The summed E-state index contributed by atoms with van der Waals surface area (Å²) in [6, 6.07) is 7.04. The lowest BCUT2D eigenvalue weighted by Gasteiger charge is -2.12. The van der Waals surface area contributed by atoms with Gasteiger partial charge in [-0.15, -0.1) is 0 Å². The molecule has 4 heteroatoms. The van der Waals surface area contributed by atoms with E-state index >= 15 is 0 Å². The summed E-state index contributed by atoms with van der Waals surface area (Å²) < 4.78 is 0. The van der Waals surface area contributed by atoms with Gasteiger partial charge in [-0.2, -0.15) is 0 Å². The van der Waals surface area contributed by atoms with Crippen molar-refractivity contribution in [2.75, 3.05) is 0 Å². The largest absolute Gasteiger partial charge is 0.478 e. The third kappa shape index (κ3) is 2.19. The molecule has 0 atom stereocenters. The number of carboxylic acids is 1. The molecule has 3 nitrogen and oxygen atoms in total. The summed E-state index contributed by atoms with van der Waals surface area (Å²) in [6.45, 7) is 0. The summed E-state index contributed by atoms with van der Waals surface area (Å²) in [5.74, 6) is -0.554. The molecule has 3 rings (SSSR count). The number of aromatic nitrogens is 1. The molecule has 0 spiro atoms. The lowest BCUT2D eigenvalue weighted by Crippen LogP contribution is -2.04. The van der Waals surface area contributed by atoms with Crippen LogP contribution in [-0.2, 0) is 0 Å². The molecule has 98 valence electrons. The predicted octanol–water partition coefficient (Wildman–Crippen LogP) is 4.24. The first-order valence-electron chi connectivity index (χ1n) is 6.49. The van der Waals surface area contributed by atoms with Crippen molar-refractivity contribution in [3.05, 3.63) is 40.5 Å². The molecule has 19 heavy (non-hydrogen) atoms. The van der Waals surface area contributed by atoms with Gasteiger partial charge in [0.25, 0.3) is 0 Å². The number of benzene rings is 1. The lowest BCUT2D eigenvalue weighted by atomic mass is 9.99. The Kier molecular flexibility index (Phi) is 3.15. The molecule has 1 aliphatic rings. The molecule has 1 aliphatic carbocycles. The molecule has 1 N–H and O–H groups in total. The van der Waals surface area contributed by atoms with Crippen molar-refractivity contribution >= 4 is 28.5 Å². The van der Waals surface area contributed by atoms with E-state index in [-0.39, 0.29) is 5.56 Å². The summed E-state index contributed by atoms with van der Waals surface area (Å²) in [4.78, 5) is 16.1. The molecular weight excluding hydrogens is 262 g/mol. The lowest BCUT2D eigenvalue weighted by molar-refractivity contribution is 0.0699. The highest BCUT2D eigenvalue weighted by atomic mass is 35.5. The number of pyridine rings is 1. The van der Waals surface area contributed by atoms with Crippen LogP contribution in [0.5, 0.6) is 0 Å². The van der Waals surface area contributed by atoms with Gasteiger partial charge in [-0.05, 0) is 31.0 Å². The molecule has 1 fully saturated rings. The van der Waals surface area contributed by atoms with Crippen LogP contribution in [0.3, 0.4) is 0 Å². The summed E-state index contributed by atoms with van der Waals surface area (Å²) in [5.41, 5.74) is 1.83. The van der Waals surface area contributed by atoms with E-state index in [9.17, 15) is 9.90 Å². The summed E-state index contributed by atoms with van der Waals surface area (Å²) in [7, 11) is 0. The molecule has 1 saturated carbocycles. The third-order valence-corrected chi connectivity index (χ3v) is 4.12. The number of hydrogen-bond donors (Lipinski definition) is 1. The van der Waals surface area contributed by atoms with Gasteiger partial charge in [0.05, 0.1) is 16.1 Å². The van der Waals surface area contributed by atoms with Crippen LogP contribution in [-0.4, -0.2) is 16.1 Å². The number of fused-ring (bicyclic) bond motifs is 1. The number of hydrogen-bond acceptors (Lipinski definition) is 2. The maximum atomic E-state index is 11.4. The van der Waals surface area contributed by atoms with Gasteiger partial charge in [0, 0.05) is 17.0 Å². The third-order valence-electron chi connectivity index (χ3n) is 3.81. The highest BCUT2D eigenvalue weighted by Crippen LogP contribution is 2.36. The van der Waals surface area contributed by atoms with Gasteiger partial charge >= 0.3 is 5.97 Å². The number of carboxylic acid groups (broad SMARTS) is 1. The minimum atomic E-state index is -0.945. The van der Waals surface area contributed by atoms with Gasteiger partial charge in [-0.1, -0.05) is 30.5 Å². The Hall–Kier alpha value is -1.61. The Bertz CT molecular complexity index is 648. The molecule has 0 aliphatic heterocycles. The van der Waals surface area contributed by atoms with E-state index in [0.29, 0.717) is 21.8 Å². The van der Waals surface area contributed by atoms with Gasteiger partial charge in [0.1, 0.15) is 0 Å². The highest BCUT2D eigenvalue weighted by molar-refractivity contribution is 6.36. The minimum absolute atomic E-state index is 0.262. The van der Waals surface area contributed by atoms with E-state index in [0.717, 1.165) is 18.5 Å². The average molecular weight is 276 g/mol. The normalized spacial score (nSPS) is 16.1. The van der Waals surface area contributed by atoms with Gasteiger partial charge < -0.3 is 5.11 Å². The van der Waals surface area contributed by atoms with Crippen LogP contribution >= 0.6 is 11.6 Å². The SMILES string of the molecule is O=C(O)c1cc(C2CCCC2)nc2cccc(Cl)c12. The van der Waals surface area contributed by atoms with E-state index in [1.54, 1.807) is 12.1 Å². The Morgan fingerprint density at radius 3 is 2.74 bits per heavy atom. The number of rotatable bonds is 2. The predicted molar refractivity (Wildman–Crippen MR) is 74.9 cm³/mol. The Balaban J connectivity index is 2.24. The van der Waals surface area contributed by atoms with Gasteiger partial charge in [-0.25, -0.2) is 4.79 Å². The molecule has 1 aromatic carbocycles. The molecule has 1 heterocycles. The van der Waals surface area contributed by atoms with Crippen LogP contribution in [0.25, 0.3) is 10.9 Å². The molecule has 0 saturated heterocycles. The maximum Gasteiger partial charge on any atom is 0.336 e. The zero-order chi connectivity index (χ0) is 13.4. The van der Waals surface area contributed by atoms with Crippen LogP contribution < -0.4 is 0 Å². The quantitative estimate of drug-likeness (QED) is 0.892. The first kappa shape index (κ1) is 12.4. The van der Waals surface area contributed by atoms with Crippen molar-refractivity contribution in [3.8, 4) is 0 Å². The number of carbonyl (C=O) groups is 1. The molecule has 1 aromatic heterocycles. The van der Waals surface area contributed by atoms with Crippen molar-refractivity contribution in [3.63, 3.8) is 0 Å². The molecule has 0 unspecified atom stereocenters. The topological polar surface area (TPSA) is 50.2 Å². The monoisotopic (exact) mass is 275 g/mol. The number of aromatic carboxylic acids is 1. The van der Waals surface area contributed by atoms with E-state index in [4.69, 9.17) is 11.6 Å². The average Bonchev–Trinajstić information content (AvgIpc) is 2.91. The second-order valence-electron chi connectivity index (χ2n) is 5.02. The fourth-order valence-electron chi connectivity index (χ4n) is 2.86. The first-order chi connectivity index (χ1) is 9.16. The maximum absolute atomic E-state index is 11.4. The molecule has 0 radical (unpaired) electrons. The summed E-state index contributed by atoms with van der Waals surface area (Å²) in [5, 5.41) is 10.4. The smallest absolute Gasteiger partial charge is 0.336 e. The highest BCUT2D eigenvalue weighted by Gasteiger charge is 2.22.